The molecule has 202 valence electrons. The van der Waals surface area contributed by atoms with E-state index in [2.05, 4.69) is 78.9 Å². The molecule has 4 fully saturated rings. The molecular formula is C33H54O2Si. The van der Waals surface area contributed by atoms with Gasteiger partial charge in [0.15, 0.2) is 8.32 Å². The molecule has 8 atom stereocenters. The Kier molecular flexibility index (Phi) is 6.91. The Hall–Kier alpha value is -0.643. The predicted octanol–water partition coefficient (Wildman–Crippen LogP) is 8.84. The molecule has 0 amide bonds. The zero-order valence-corrected chi connectivity index (χ0v) is 25.6. The van der Waals surface area contributed by atoms with Crippen molar-refractivity contribution < 1.29 is 9.53 Å². The molecule has 0 bridgehead atoms. The van der Waals surface area contributed by atoms with Crippen molar-refractivity contribution in [2.75, 3.05) is 0 Å². The molecule has 0 aromatic carbocycles. The van der Waals surface area contributed by atoms with Crippen LogP contribution in [-0.2, 0) is 4.43 Å². The van der Waals surface area contributed by atoms with Crippen LogP contribution in [0.3, 0.4) is 0 Å². The maximum Gasteiger partial charge on any atom is 0.192 e. The number of hydrogen-bond acceptors (Lipinski definition) is 2. The summed E-state index contributed by atoms with van der Waals surface area (Å²) in [6, 6.07) is 0. The van der Waals surface area contributed by atoms with E-state index in [0.717, 1.165) is 24.2 Å². The molecular weight excluding hydrogens is 456 g/mol. The maximum absolute atomic E-state index is 10.4. The first-order valence-electron chi connectivity index (χ1n) is 15.2. The van der Waals surface area contributed by atoms with Gasteiger partial charge in [0.1, 0.15) is 0 Å². The Bertz CT molecular complexity index is 934. The first kappa shape index (κ1) is 26.9. The summed E-state index contributed by atoms with van der Waals surface area (Å²) in [5.41, 5.74) is 4.20. The van der Waals surface area contributed by atoms with Crippen LogP contribution in [0.1, 0.15) is 99.3 Å². The van der Waals surface area contributed by atoms with Crippen LogP contribution in [0.4, 0.5) is 0 Å². The highest BCUT2D eigenvalue weighted by molar-refractivity contribution is 6.74. The largest absolute Gasteiger partial charge is 0.414 e. The molecule has 1 unspecified atom stereocenters. The molecule has 5 rings (SSSR count). The standard InChI is InChI=1S/C33H54O2Si/c1-22(9-16-30(34)23-10-11-23)27-14-15-28-26-13-12-24-21-25(35-36(7,8)31(2,3)4)17-19-32(24,5)29(26)18-20-33(27,28)6/h9,12-13,16,22-23,25,27-30,34H,10-11,14-15,17-21H2,1-8H3/b16-9+/t22-,25?,27+,28-,29-,30+,32-,33+/m0/s1. The number of hydrogen-bond donors (Lipinski definition) is 1. The molecule has 0 aliphatic heterocycles. The van der Waals surface area contributed by atoms with E-state index in [1.807, 2.05) is 0 Å². The molecule has 36 heavy (non-hydrogen) atoms. The number of allylic oxidation sites excluding steroid dienone is 4. The molecule has 0 spiro atoms. The van der Waals surface area contributed by atoms with E-state index in [0.29, 0.717) is 28.8 Å². The monoisotopic (exact) mass is 510 g/mol. The highest BCUT2D eigenvalue weighted by atomic mass is 28.4. The number of aliphatic hydroxyl groups is 1. The van der Waals surface area contributed by atoms with Crippen LogP contribution >= 0.6 is 0 Å². The van der Waals surface area contributed by atoms with Crippen LogP contribution in [-0.4, -0.2) is 25.6 Å². The summed E-state index contributed by atoms with van der Waals surface area (Å²) in [6.07, 6.45) is 21.3. The van der Waals surface area contributed by atoms with E-state index >= 15 is 0 Å². The zero-order valence-electron chi connectivity index (χ0n) is 24.6. The third kappa shape index (κ3) is 4.58. The second kappa shape index (κ2) is 9.23. The lowest BCUT2D eigenvalue weighted by Gasteiger charge is -2.55. The van der Waals surface area contributed by atoms with Crippen LogP contribution in [0.2, 0.25) is 18.1 Å². The maximum atomic E-state index is 10.4. The lowest BCUT2D eigenvalue weighted by atomic mass is 9.50. The van der Waals surface area contributed by atoms with Gasteiger partial charge in [-0.1, -0.05) is 77.0 Å². The highest BCUT2D eigenvalue weighted by Crippen LogP contribution is 2.66. The molecule has 0 heterocycles. The molecule has 0 aromatic heterocycles. The minimum atomic E-state index is -1.73. The predicted molar refractivity (Wildman–Crippen MR) is 154 cm³/mol. The van der Waals surface area contributed by atoms with Gasteiger partial charge >= 0.3 is 0 Å². The average Bonchev–Trinajstić information content (AvgIpc) is 3.58. The fraction of sp³-hybridized carbons (Fsp3) is 0.818. The van der Waals surface area contributed by atoms with E-state index in [1.165, 1.54) is 51.4 Å². The van der Waals surface area contributed by atoms with E-state index in [1.54, 1.807) is 11.1 Å². The summed E-state index contributed by atoms with van der Waals surface area (Å²) in [6.45, 7) is 19.5. The molecule has 1 N–H and O–H groups in total. The quantitative estimate of drug-likeness (QED) is 0.286. The molecule has 4 saturated carbocycles. The summed E-state index contributed by atoms with van der Waals surface area (Å²) in [4.78, 5) is 0. The van der Waals surface area contributed by atoms with Crippen molar-refractivity contribution in [1.29, 1.82) is 0 Å². The Morgan fingerprint density at radius 3 is 2.36 bits per heavy atom. The minimum absolute atomic E-state index is 0.214. The summed E-state index contributed by atoms with van der Waals surface area (Å²) >= 11 is 0. The first-order valence-corrected chi connectivity index (χ1v) is 18.1. The fourth-order valence-corrected chi connectivity index (χ4v) is 9.97. The number of fused-ring (bicyclic) bond motifs is 5. The first-order chi connectivity index (χ1) is 16.8. The molecule has 0 radical (unpaired) electrons. The number of aliphatic hydroxyl groups excluding tert-OH is 1. The third-order valence-corrected chi connectivity index (χ3v) is 16.8. The van der Waals surface area contributed by atoms with Crippen LogP contribution in [0, 0.1) is 40.4 Å². The van der Waals surface area contributed by atoms with Gasteiger partial charge in [-0.3, -0.25) is 0 Å². The Labute approximate surface area is 223 Å². The Morgan fingerprint density at radius 1 is 0.972 bits per heavy atom. The van der Waals surface area contributed by atoms with E-state index in [9.17, 15) is 5.11 Å². The van der Waals surface area contributed by atoms with Crippen molar-refractivity contribution >= 4 is 8.32 Å². The van der Waals surface area contributed by atoms with Crippen molar-refractivity contribution in [3.05, 3.63) is 35.5 Å². The lowest BCUT2D eigenvalue weighted by molar-refractivity contribution is 0.0405. The Balaban J connectivity index is 1.32. The molecule has 5 aliphatic rings. The third-order valence-electron chi connectivity index (χ3n) is 12.2. The van der Waals surface area contributed by atoms with E-state index in [-0.39, 0.29) is 11.1 Å². The molecule has 0 saturated heterocycles. The van der Waals surface area contributed by atoms with Crippen LogP contribution in [0.25, 0.3) is 0 Å². The van der Waals surface area contributed by atoms with Gasteiger partial charge < -0.3 is 9.53 Å². The molecule has 3 heteroatoms. The van der Waals surface area contributed by atoms with Gasteiger partial charge in [0.25, 0.3) is 0 Å². The second-order valence-electron chi connectivity index (χ2n) is 15.4. The second-order valence-corrected chi connectivity index (χ2v) is 20.2. The van der Waals surface area contributed by atoms with Crippen LogP contribution in [0.5, 0.6) is 0 Å². The van der Waals surface area contributed by atoms with Gasteiger partial charge in [0.2, 0.25) is 0 Å². The lowest BCUT2D eigenvalue weighted by Crippen LogP contribution is -2.49. The van der Waals surface area contributed by atoms with Crippen molar-refractivity contribution in [3.63, 3.8) is 0 Å². The average molecular weight is 511 g/mol. The van der Waals surface area contributed by atoms with Crippen LogP contribution < -0.4 is 0 Å². The highest BCUT2D eigenvalue weighted by Gasteiger charge is 2.57. The van der Waals surface area contributed by atoms with Crippen molar-refractivity contribution in [3.8, 4) is 0 Å². The topological polar surface area (TPSA) is 29.5 Å². The summed E-state index contributed by atoms with van der Waals surface area (Å²) in [5, 5.41) is 10.7. The molecule has 0 aromatic rings. The van der Waals surface area contributed by atoms with Crippen molar-refractivity contribution in [2.24, 2.45) is 40.4 Å². The number of rotatable bonds is 6. The van der Waals surface area contributed by atoms with Crippen molar-refractivity contribution in [1.82, 2.24) is 0 Å². The smallest absolute Gasteiger partial charge is 0.192 e. The molecule has 2 nitrogen and oxygen atoms in total. The van der Waals surface area contributed by atoms with Crippen LogP contribution in [0.15, 0.2) is 35.5 Å². The summed E-state index contributed by atoms with van der Waals surface area (Å²) < 4.78 is 6.91. The summed E-state index contributed by atoms with van der Waals surface area (Å²) in [5.74, 6) is 3.29. The normalized spacial score (nSPS) is 40.7. The van der Waals surface area contributed by atoms with E-state index in [4.69, 9.17) is 4.43 Å². The summed E-state index contributed by atoms with van der Waals surface area (Å²) in [7, 11) is -1.73. The fourth-order valence-electron chi connectivity index (χ4n) is 8.59. The van der Waals surface area contributed by atoms with Crippen molar-refractivity contribution in [2.45, 2.75) is 130 Å². The minimum Gasteiger partial charge on any atom is -0.414 e. The van der Waals surface area contributed by atoms with Gasteiger partial charge in [-0.15, -0.1) is 0 Å². The Morgan fingerprint density at radius 2 is 1.69 bits per heavy atom. The SMILES string of the molecule is C[C@@H](/C=C/[C@@H](O)C1CC1)[C@H]1CC[C@H]2C3=CC=C4CC(O[Si](C)(C)C(C)(C)C)CC[C@]4(C)[C@H]3CC[C@]12C. The van der Waals surface area contributed by atoms with Gasteiger partial charge in [-0.2, -0.15) is 0 Å². The molecule has 5 aliphatic carbocycles. The zero-order chi connectivity index (χ0) is 26.1. The van der Waals surface area contributed by atoms with Gasteiger partial charge in [0.05, 0.1) is 6.10 Å². The van der Waals surface area contributed by atoms with Gasteiger partial charge in [-0.05, 0) is 116 Å². The van der Waals surface area contributed by atoms with Gasteiger partial charge in [-0.25, -0.2) is 0 Å². The van der Waals surface area contributed by atoms with E-state index < -0.39 is 8.32 Å². The van der Waals surface area contributed by atoms with Gasteiger partial charge in [0, 0.05) is 6.10 Å².